The van der Waals surface area contributed by atoms with Crippen LogP contribution in [-0.2, 0) is 0 Å². The van der Waals surface area contributed by atoms with Crippen molar-refractivity contribution >= 4 is 11.6 Å². The number of hydrogen-bond donors (Lipinski definition) is 2. The van der Waals surface area contributed by atoms with Gasteiger partial charge in [0.1, 0.15) is 5.69 Å². The summed E-state index contributed by atoms with van der Waals surface area (Å²) in [4.78, 5) is 17.5. The van der Waals surface area contributed by atoms with Gasteiger partial charge in [-0.05, 0) is 12.1 Å². The number of carbonyl (C=O) groups is 1. The normalized spacial score (nSPS) is 15.8. The van der Waals surface area contributed by atoms with Gasteiger partial charge in [-0.25, -0.2) is 0 Å². The van der Waals surface area contributed by atoms with Crippen molar-refractivity contribution in [1.82, 2.24) is 10.3 Å². The number of aliphatic hydroxyl groups is 1. The third-order valence-electron chi connectivity index (χ3n) is 2.78. The Kier molecular flexibility index (Phi) is 3.05. The van der Waals surface area contributed by atoms with Crippen LogP contribution in [0.25, 0.3) is 0 Å². The molecule has 86 valence electrons. The van der Waals surface area contributed by atoms with Gasteiger partial charge in [0, 0.05) is 44.5 Å². The van der Waals surface area contributed by atoms with E-state index in [0.717, 1.165) is 18.8 Å². The summed E-state index contributed by atoms with van der Waals surface area (Å²) < 4.78 is 0. The maximum Gasteiger partial charge on any atom is 0.269 e. The van der Waals surface area contributed by atoms with Crippen LogP contribution in [0.3, 0.4) is 0 Å². The lowest BCUT2D eigenvalue weighted by Crippen LogP contribution is -2.48. The van der Waals surface area contributed by atoms with E-state index in [1.807, 2.05) is 6.07 Å². The Morgan fingerprint density at radius 2 is 2.44 bits per heavy atom. The topological polar surface area (TPSA) is 65.5 Å². The number of aliphatic hydroxyl groups excluding tert-OH is 1. The molecule has 0 spiro atoms. The molecule has 1 aromatic heterocycles. The van der Waals surface area contributed by atoms with Crippen LogP contribution in [0.15, 0.2) is 18.3 Å². The molecule has 1 amide bonds. The fraction of sp³-hybridized carbons (Fsp3) is 0.455. The zero-order valence-electron chi connectivity index (χ0n) is 9.18. The van der Waals surface area contributed by atoms with Crippen molar-refractivity contribution in [3.8, 4) is 0 Å². The minimum Gasteiger partial charge on any atom is -0.396 e. The first-order valence-electron chi connectivity index (χ1n) is 5.28. The van der Waals surface area contributed by atoms with Crippen LogP contribution in [0.1, 0.15) is 10.5 Å². The van der Waals surface area contributed by atoms with Crippen molar-refractivity contribution in [1.29, 1.82) is 0 Å². The predicted molar refractivity (Wildman–Crippen MR) is 60.4 cm³/mol. The van der Waals surface area contributed by atoms with E-state index in [2.05, 4.69) is 15.2 Å². The molecule has 1 aromatic rings. The first-order valence-corrected chi connectivity index (χ1v) is 5.28. The molecule has 0 saturated carbocycles. The molecule has 1 saturated heterocycles. The van der Waals surface area contributed by atoms with E-state index in [1.54, 1.807) is 19.3 Å². The molecule has 5 heteroatoms. The predicted octanol–water partition coefficient (Wildman–Crippen LogP) is -0.130. The molecule has 1 aliphatic heterocycles. The van der Waals surface area contributed by atoms with E-state index in [4.69, 9.17) is 5.11 Å². The highest BCUT2D eigenvalue weighted by Crippen LogP contribution is 2.24. The molecule has 5 nitrogen and oxygen atoms in total. The van der Waals surface area contributed by atoms with Gasteiger partial charge in [0.15, 0.2) is 0 Å². The van der Waals surface area contributed by atoms with E-state index in [0.29, 0.717) is 11.6 Å². The number of amides is 1. The first kappa shape index (κ1) is 10.9. The largest absolute Gasteiger partial charge is 0.396 e. The van der Waals surface area contributed by atoms with Crippen LogP contribution in [0.4, 0.5) is 5.69 Å². The summed E-state index contributed by atoms with van der Waals surface area (Å²) in [5, 5.41) is 11.5. The molecule has 0 aromatic carbocycles. The molecule has 1 fully saturated rings. The Bertz CT molecular complexity index is 389. The van der Waals surface area contributed by atoms with Gasteiger partial charge < -0.3 is 15.3 Å². The van der Waals surface area contributed by atoms with Gasteiger partial charge in [0.25, 0.3) is 5.91 Å². The summed E-state index contributed by atoms with van der Waals surface area (Å²) in [6.45, 7) is 1.91. The first-order chi connectivity index (χ1) is 7.74. The van der Waals surface area contributed by atoms with Gasteiger partial charge in [-0.3, -0.25) is 9.78 Å². The van der Waals surface area contributed by atoms with Crippen LogP contribution in [0.2, 0.25) is 0 Å². The number of rotatable bonds is 3. The summed E-state index contributed by atoms with van der Waals surface area (Å²) in [5.74, 6) is 0.178. The lowest BCUT2D eigenvalue weighted by Gasteiger charge is -2.40. The molecular weight excluding hydrogens is 206 g/mol. The van der Waals surface area contributed by atoms with Crippen molar-refractivity contribution in [2.45, 2.75) is 0 Å². The molecular formula is C11H15N3O2. The summed E-state index contributed by atoms with van der Waals surface area (Å²) in [6, 6.07) is 3.65. The monoisotopic (exact) mass is 221 g/mol. The smallest absolute Gasteiger partial charge is 0.269 e. The molecule has 2 N–H and O–H groups in total. The number of nitrogens with one attached hydrogen (secondary N) is 1. The van der Waals surface area contributed by atoms with Crippen LogP contribution in [-0.4, -0.2) is 42.7 Å². The summed E-state index contributed by atoms with van der Waals surface area (Å²) in [6.07, 6.45) is 1.63. The number of carbonyl (C=O) groups excluding carboxylic acids is 1. The van der Waals surface area contributed by atoms with Crippen LogP contribution >= 0.6 is 0 Å². The second kappa shape index (κ2) is 4.49. The molecule has 1 aliphatic rings. The van der Waals surface area contributed by atoms with Gasteiger partial charge in [-0.15, -0.1) is 0 Å². The van der Waals surface area contributed by atoms with E-state index in [1.165, 1.54) is 0 Å². The molecule has 2 rings (SSSR count). The van der Waals surface area contributed by atoms with E-state index >= 15 is 0 Å². The number of nitrogens with zero attached hydrogens (tertiary/aromatic N) is 2. The average Bonchev–Trinajstić information content (AvgIpc) is 2.27. The Balaban J connectivity index is 2.09. The van der Waals surface area contributed by atoms with Crippen molar-refractivity contribution in [3.63, 3.8) is 0 Å². The maximum atomic E-state index is 11.4. The van der Waals surface area contributed by atoms with Gasteiger partial charge >= 0.3 is 0 Å². The third-order valence-corrected chi connectivity index (χ3v) is 2.78. The maximum absolute atomic E-state index is 11.4. The van der Waals surface area contributed by atoms with Crippen LogP contribution in [0, 0.1) is 5.92 Å². The summed E-state index contributed by atoms with van der Waals surface area (Å²) >= 11 is 0. The fourth-order valence-corrected chi connectivity index (χ4v) is 1.76. The second-order valence-electron chi connectivity index (χ2n) is 3.93. The lowest BCUT2D eigenvalue weighted by atomic mass is 10.0. The number of pyridine rings is 1. The van der Waals surface area contributed by atoms with Gasteiger partial charge in [0.2, 0.25) is 0 Å². The fourth-order valence-electron chi connectivity index (χ4n) is 1.76. The van der Waals surface area contributed by atoms with Gasteiger partial charge in [-0.1, -0.05) is 0 Å². The SMILES string of the molecule is CNC(=O)c1cc(N2CC(CO)C2)ccn1. The van der Waals surface area contributed by atoms with Gasteiger partial charge in [0.05, 0.1) is 0 Å². The van der Waals surface area contributed by atoms with E-state index in [-0.39, 0.29) is 12.5 Å². The van der Waals surface area contributed by atoms with Crippen molar-refractivity contribution in [2.24, 2.45) is 5.92 Å². The second-order valence-corrected chi connectivity index (χ2v) is 3.93. The minimum atomic E-state index is -0.180. The quantitative estimate of drug-likeness (QED) is 0.746. The molecule has 0 radical (unpaired) electrons. The minimum absolute atomic E-state index is 0.180. The highest BCUT2D eigenvalue weighted by Gasteiger charge is 2.26. The summed E-state index contributed by atoms with van der Waals surface area (Å²) in [7, 11) is 1.59. The molecule has 0 unspecified atom stereocenters. The number of aromatic nitrogens is 1. The Morgan fingerprint density at radius 3 is 3.06 bits per heavy atom. The van der Waals surface area contributed by atoms with E-state index < -0.39 is 0 Å². The Morgan fingerprint density at radius 1 is 1.69 bits per heavy atom. The third kappa shape index (κ3) is 1.99. The number of hydrogen-bond acceptors (Lipinski definition) is 4. The van der Waals surface area contributed by atoms with Crippen LogP contribution < -0.4 is 10.2 Å². The van der Waals surface area contributed by atoms with Crippen molar-refractivity contribution in [3.05, 3.63) is 24.0 Å². The lowest BCUT2D eigenvalue weighted by molar-refractivity contribution is 0.0958. The zero-order chi connectivity index (χ0) is 11.5. The molecule has 16 heavy (non-hydrogen) atoms. The summed E-state index contributed by atoms with van der Waals surface area (Å²) in [5.41, 5.74) is 1.41. The zero-order valence-corrected chi connectivity index (χ0v) is 9.18. The molecule has 2 heterocycles. The molecule has 0 aliphatic carbocycles. The standard InChI is InChI=1S/C11H15N3O2/c1-12-11(16)10-4-9(2-3-13-10)14-5-8(6-14)7-15/h2-4,8,15H,5-7H2,1H3,(H,12,16). The highest BCUT2D eigenvalue weighted by atomic mass is 16.3. The average molecular weight is 221 g/mol. The molecule has 0 atom stereocenters. The molecule has 0 bridgehead atoms. The van der Waals surface area contributed by atoms with Crippen molar-refractivity contribution < 1.29 is 9.90 Å². The highest BCUT2D eigenvalue weighted by molar-refractivity contribution is 5.92. The number of anilines is 1. The van der Waals surface area contributed by atoms with Crippen molar-refractivity contribution in [2.75, 3.05) is 31.6 Å². The van der Waals surface area contributed by atoms with Gasteiger partial charge in [-0.2, -0.15) is 0 Å². The Labute approximate surface area is 94.1 Å². The van der Waals surface area contributed by atoms with E-state index in [9.17, 15) is 4.79 Å². The Hall–Kier alpha value is -1.62. The van der Waals surface area contributed by atoms with Crippen LogP contribution in [0.5, 0.6) is 0 Å².